The summed E-state index contributed by atoms with van der Waals surface area (Å²) < 4.78 is 10.7. The molecule has 1 aliphatic rings. The number of nitrogens with zero attached hydrogens (tertiary/aromatic N) is 2. The number of hydrogen-bond acceptors (Lipinski definition) is 5. The van der Waals surface area contributed by atoms with Gasteiger partial charge in [-0.3, -0.25) is 4.79 Å². The zero-order chi connectivity index (χ0) is 18.9. The minimum Gasteiger partial charge on any atom is -0.497 e. The van der Waals surface area contributed by atoms with E-state index < -0.39 is 5.41 Å². The molecule has 0 atom stereocenters. The molecule has 0 bridgehead atoms. The third-order valence-electron chi connectivity index (χ3n) is 4.81. The number of amides is 1. The maximum Gasteiger partial charge on any atom is 0.236 e. The van der Waals surface area contributed by atoms with Crippen LogP contribution in [0.4, 0.5) is 5.69 Å². The molecule has 0 saturated heterocycles. The summed E-state index contributed by atoms with van der Waals surface area (Å²) in [5, 5.41) is 15.9. The maximum atomic E-state index is 12.8. The van der Waals surface area contributed by atoms with Crippen LogP contribution < -0.4 is 10.1 Å². The molecule has 3 aromatic rings. The van der Waals surface area contributed by atoms with Gasteiger partial charge in [0.1, 0.15) is 5.75 Å². The monoisotopic (exact) mass is 359 g/mol. The quantitative estimate of drug-likeness (QED) is 0.746. The van der Waals surface area contributed by atoms with E-state index in [9.17, 15) is 4.79 Å². The second-order valence-electron chi connectivity index (χ2n) is 6.53. The van der Waals surface area contributed by atoms with Crippen molar-refractivity contribution in [3.63, 3.8) is 0 Å². The molecule has 6 heteroatoms. The van der Waals surface area contributed by atoms with Crippen LogP contribution in [0.2, 0.25) is 0 Å². The van der Waals surface area contributed by atoms with Crippen molar-refractivity contribution in [1.82, 2.24) is 5.16 Å². The zero-order valence-electron chi connectivity index (χ0n) is 14.7. The fourth-order valence-corrected chi connectivity index (χ4v) is 3.02. The van der Waals surface area contributed by atoms with Crippen molar-refractivity contribution in [1.29, 1.82) is 5.26 Å². The summed E-state index contributed by atoms with van der Waals surface area (Å²) in [5.41, 5.74) is 2.02. The number of methoxy groups -OCH3 is 1. The number of carbonyl (C=O) groups excluding carboxylic acids is 1. The van der Waals surface area contributed by atoms with Crippen LogP contribution in [-0.2, 0) is 10.2 Å². The molecule has 6 nitrogen and oxygen atoms in total. The first-order valence-corrected chi connectivity index (χ1v) is 8.58. The topological polar surface area (TPSA) is 88.1 Å². The van der Waals surface area contributed by atoms with E-state index in [0.717, 1.165) is 24.2 Å². The van der Waals surface area contributed by atoms with Crippen LogP contribution in [0.5, 0.6) is 5.75 Å². The van der Waals surface area contributed by atoms with Crippen LogP contribution in [0.3, 0.4) is 0 Å². The largest absolute Gasteiger partial charge is 0.497 e. The maximum absolute atomic E-state index is 12.8. The molecule has 4 rings (SSSR count). The Hall–Kier alpha value is -3.59. The van der Waals surface area contributed by atoms with Gasteiger partial charge in [0.2, 0.25) is 5.91 Å². The predicted molar refractivity (Wildman–Crippen MR) is 99.2 cm³/mol. The van der Waals surface area contributed by atoms with E-state index in [1.165, 1.54) is 0 Å². The predicted octanol–water partition coefficient (Wildman–Crippen LogP) is 3.89. The summed E-state index contributed by atoms with van der Waals surface area (Å²) in [6.07, 6.45) is 1.44. The van der Waals surface area contributed by atoms with Crippen LogP contribution >= 0.6 is 0 Å². The van der Waals surface area contributed by atoms with E-state index in [-0.39, 0.29) is 5.91 Å². The lowest BCUT2D eigenvalue weighted by Crippen LogP contribution is -2.28. The lowest BCUT2D eigenvalue weighted by molar-refractivity contribution is -0.118. The Morgan fingerprint density at radius 2 is 2.00 bits per heavy atom. The highest BCUT2D eigenvalue weighted by Crippen LogP contribution is 2.49. The number of aromatic nitrogens is 1. The zero-order valence-corrected chi connectivity index (χ0v) is 14.7. The van der Waals surface area contributed by atoms with Crippen LogP contribution in [0.1, 0.15) is 24.1 Å². The first-order chi connectivity index (χ1) is 13.1. The van der Waals surface area contributed by atoms with Gasteiger partial charge >= 0.3 is 0 Å². The van der Waals surface area contributed by atoms with E-state index >= 15 is 0 Å². The van der Waals surface area contributed by atoms with Gasteiger partial charge in [0.05, 0.1) is 29.9 Å². The normalized spacial score (nSPS) is 14.2. The van der Waals surface area contributed by atoms with Crippen molar-refractivity contribution < 1.29 is 14.1 Å². The molecule has 1 fully saturated rings. The van der Waals surface area contributed by atoms with Gasteiger partial charge in [-0.2, -0.15) is 5.26 Å². The summed E-state index contributed by atoms with van der Waals surface area (Å²) in [4.78, 5) is 12.8. The molecular weight excluding hydrogens is 342 g/mol. The number of anilines is 1. The van der Waals surface area contributed by atoms with E-state index in [1.54, 1.807) is 31.4 Å². The van der Waals surface area contributed by atoms with Crippen molar-refractivity contribution in [2.75, 3.05) is 12.4 Å². The lowest BCUT2D eigenvalue weighted by Gasteiger charge is -2.12. The molecule has 134 valence electrons. The molecule has 0 radical (unpaired) electrons. The number of nitrogens with one attached hydrogen (secondary N) is 1. The molecule has 0 spiro atoms. The molecule has 1 N–H and O–H groups in total. The number of hydrogen-bond donors (Lipinski definition) is 1. The Morgan fingerprint density at radius 1 is 1.22 bits per heavy atom. The van der Waals surface area contributed by atoms with Gasteiger partial charge in [0.25, 0.3) is 0 Å². The molecule has 1 saturated carbocycles. The fraction of sp³-hybridized carbons (Fsp3) is 0.190. The average molecular weight is 359 g/mol. The summed E-state index contributed by atoms with van der Waals surface area (Å²) in [6.45, 7) is 0. The summed E-state index contributed by atoms with van der Waals surface area (Å²) in [6, 6.07) is 18.2. The minimum atomic E-state index is -0.658. The molecular formula is C21H17N3O3. The van der Waals surface area contributed by atoms with Gasteiger partial charge < -0.3 is 14.6 Å². The van der Waals surface area contributed by atoms with Crippen molar-refractivity contribution in [3.8, 4) is 23.1 Å². The van der Waals surface area contributed by atoms with E-state index in [0.29, 0.717) is 22.7 Å². The number of carbonyl (C=O) groups is 1. The Balaban J connectivity index is 1.54. The first kappa shape index (κ1) is 16.9. The molecule has 1 aromatic heterocycles. The Labute approximate surface area is 156 Å². The second kappa shape index (κ2) is 6.61. The number of benzene rings is 2. The van der Waals surface area contributed by atoms with Crippen LogP contribution in [0.15, 0.2) is 59.1 Å². The summed E-state index contributed by atoms with van der Waals surface area (Å²) in [7, 11) is 1.61. The lowest BCUT2D eigenvalue weighted by atomic mass is 10.00. The fourth-order valence-electron chi connectivity index (χ4n) is 3.02. The van der Waals surface area contributed by atoms with Crippen molar-refractivity contribution >= 4 is 11.6 Å². The number of nitriles is 1. The molecule has 0 unspecified atom stereocenters. The van der Waals surface area contributed by atoms with Gasteiger partial charge in [-0.1, -0.05) is 17.3 Å². The number of ether oxygens (including phenoxy) is 1. The SMILES string of the molecule is COc1cccc(-c2cc(C3(C(=O)Nc4ccc(C#N)cc4)CC3)no2)c1. The molecule has 0 aliphatic heterocycles. The minimum absolute atomic E-state index is 0.113. The smallest absolute Gasteiger partial charge is 0.236 e. The molecule has 2 aromatic carbocycles. The highest BCUT2D eigenvalue weighted by atomic mass is 16.5. The van der Waals surface area contributed by atoms with Gasteiger partial charge in [0.15, 0.2) is 5.76 Å². The van der Waals surface area contributed by atoms with Gasteiger partial charge in [0, 0.05) is 17.3 Å². The Kier molecular flexibility index (Phi) is 4.13. The van der Waals surface area contributed by atoms with Crippen molar-refractivity contribution in [2.45, 2.75) is 18.3 Å². The highest BCUT2D eigenvalue weighted by Gasteiger charge is 2.53. The molecule has 1 aliphatic carbocycles. The Morgan fingerprint density at radius 3 is 2.67 bits per heavy atom. The van der Waals surface area contributed by atoms with Gasteiger partial charge in [-0.25, -0.2) is 0 Å². The Bertz CT molecular complexity index is 1030. The molecule has 1 amide bonds. The standard InChI is InChI=1S/C21H17N3O3/c1-26-17-4-2-3-15(11-17)18-12-19(24-27-18)21(9-10-21)20(25)23-16-7-5-14(13-22)6-8-16/h2-8,11-12H,9-10H2,1H3,(H,23,25). The van der Waals surface area contributed by atoms with Gasteiger partial charge in [-0.15, -0.1) is 0 Å². The average Bonchev–Trinajstić information content (AvgIpc) is 3.38. The summed E-state index contributed by atoms with van der Waals surface area (Å²) >= 11 is 0. The summed E-state index contributed by atoms with van der Waals surface area (Å²) in [5.74, 6) is 1.21. The van der Waals surface area contributed by atoms with Crippen molar-refractivity contribution in [3.05, 3.63) is 65.9 Å². The highest BCUT2D eigenvalue weighted by molar-refractivity contribution is 6.01. The van der Waals surface area contributed by atoms with Crippen LogP contribution in [0, 0.1) is 11.3 Å². The first-order valence-electron chi connectivity index (χ1n) is 8.58. The van der Waals surface area contributed by atoms with Crippen molar-refractivity contribution in [2.24, 2.45) is 0 Å². The van der Waals surface area contributed by atoms with E-state index in [2.05, 4.69) is 16.5 Å². The number of rotatable bonds is 5. The molecule has 1 heterocycles. The van der Waals surface area contributed by atoms with E-state index in [1.807, 2.05) is 30.3 Å². The third kappa shape index (κ3) is 3.15. The van der Waals surface area contributed by atoms with Crippen LogP contribution in [0.25, 0.3) is 11.3 Å². The van der Waals surface area contributed by atoms with Crippen LogP contribution in [-0.4, -0.2) is 18.2 Å². The van der Waals surface area contributed by atoms with Gasteiger partial charge in [-0.05, 0) is 49.2 Å². The third-order valence-corrected chi connectivity index (χ3v) is 4.81. The second-order valence-corrected chi connectivity index (χ2v) is 6.53. The van der Waals surface area contributed by atoms with E-state index in [4.69, 9.17) is 14.5 Å². The molecule has 27 heavy (non-hydrogen) atoms.